The van der Waals surface area contributed by atoms with Crippen LogP contribution in [0, 0.1) is 0 Å². The first kappa shape index (κ1) is 15.2. The average Bonchev–Trinajstić information content (AvgIpc) is 2.94. The monoisotopic (exact) mass is 449 g/mol. The molecule has 3 heteroatoms. The van der Waals surface area contributed by atoms with Crippen molar-refractivity contribution in [1.82, 2.24) is 4.57 Å². The third kappa shape index (κ3) is 2.42. The zero-order valence-corrected chi connectivity index (χ0v) is 16.4. The molecule has 5 rings (SSSR count). The van der Waals surface area contributed by atoms with Gasteiger partial charge in [0.15, 0.2) is 0 Å². The maximum absolute atomic E-state index is 3.63. The van der Waals surface area contributed by atoms with Gasteiger partial charge in [0, 0.05) is 25.4 Å². The van der Waals surface area contributed by atoms with Crippen molar-refractivity contribution in [1.29, 1.82) is 0 Å². The van der Waals surface area contributed by atoms with Gasteiger partial charge in [-0.1, -0.05) is 68.3 Å². The molecule has 25 heavy (non-hydrogen) atoms. The molecule has 0 aliphatic heterocycles. The quantitative estimate of drug-likeness (QED) is 0.249. The third-order valence-corrected chi connectivity index (χ3v) is 5.67. The van der Waals surface area contributed by atoms with Gasteiger partial charge in [-0.05, 0) is 53.2 Å². The number of rotatable bonds is 1. The van der Waals surface area contributed by atoms with Crippen molar-refractivity contribution >= 4 is 64.4 Å². The van der Waals surface area contributed by atoms with E-state index < -0.39 is 0 Å². The van der Waals surface area contributed by atoms with Crippen LogP contribution in [0.25, 0.3) is 38.3 Å². The fourth-order valence-corrected chi connectivity index (χ4v) is 4.27. The summed E-state index contributed by atoms with van der Waals surface area (Å²) in [5.74, 6) is 0. The van der Waals surface area contributed by atoms with E-state index in [2.05, 4.69) is 115 Å². The van der Waals surface area contributed by atoms with Crippen molar-refractivity contribution in [2.45, 2.75) is 0 Å². The average molecular weight is 451 g/mol. The van der Waals surface area contributed by atoms with Crippen molar-refractivity contribution in [3.8, 4) is 5.69 Å². The molecule has 0 bridgehead atoms. The summed E-state index contributed by atoms with van der Waals surface area (Å²) in [5.41, 5.74) is 3.60. The summed E-state index contributed by atoms with van der Waals surface area (Å²) in [7, 11) is 0. The van der Waals surface area contributed by atoms with Crippen molar-refractivity contribution in [3.63, 3.8) is 0 Å². The second kappa shape index (κ2) is 5.72. The van der Waals surface area contributed by atoms with Crippen LogP contribution < -0.4 is 0 Å². The number of benzene rings is 4. The highest BCUT2D eigenvalue weighted by atomic mass is 79.9. The molecule has 0 fully saturated rings. The summed E-state index contributed by atoms with van der Waals surface area (Å²) in [6.07, 6.45) is 0. The van der Waals surface area contributed by atoms with E-state index in [1.54, 1.807) is 0 Å². The molecular weight excluding hydrogens is 438 g/mol. The lowest BCUT2D eigenvalue weighted by molar-refractivity contribution is 1.18. The maximum atomic E-state index is 3.63. The van der Waals surface area contributed by atoms with Gasteiger partial charge in [-0.3, -0.25) is 0 Å². The van der Waals surface area contributed by atoms with Gasteiger partial charge in [0.2, 0.25) is 0 Å². The van der Waals surface area contributed by atoms with Crippen LogP contribution in [-0.4, -0.2) is 4.57 Å². The summed E-state index contributed by atoms with van der Waals surface area (Å²) in [6, 6.07) is 28.1. The molecule has 0 atom stereocenters. The lowest BCUT2D eigenvalue weighted by atomic mass is 10.1. The van der Waals surface area contributed by atoms with Gasteiger partial charge in [0.05, 0.1) is 11.0 Å². The Kier molecular flexibility index (Phi) is 3.47. The van der Waals surface area contributed by atoms with Gasteiger partial charge in [0.1, 0.15) is 0 Å². The molecule has 0 aliphatic carbocycles. The molecule has 0 radical (unpaired) electrons. The van der Waals surface area contributed by atoms with Gasteiger partial charge in [-0.2, -0.15) is 0 Å². The molecule has 0 saturated heterocycles. The van der Waals surface area contributed by atoms with Crippen LogP contribution in [0.5, 0.6) is 0 Å². The fraction of sp³-hybridized carbons (Fsp3) is 0. The van der Waals surface area contributed by atoms with E-state index >= 15 is 0 Å². The van der Waals surface area contributed by atoms with Crippen LogP contribution in [0.2, 0.25) is 0 Å². The van der Waals surface area contributed by atoms with E-state index in [0.29, 0.717) is 0 Å². The van der Waals surface area contributed by atoms with Crippen molar-refractivity contribution in [2.24, 2.45) is 0 Å². The summed E-state index contributed by atoms with van der Waals surface area (Å²) < 4.78 is 4.53. The standard InChI is InChI=1S/C22H13Br2N/c23-16-7-10-21-20(12-16)19-9-6-17(24)13-22(19)25(21)18-8-5-14-3-1-2-4-15(14)11-18/h1-13H. The molecule has 0 saturated carbocycles. The Morgan fingerprint density at radius 3 is 2.20 bits per heavy atom. The molecule has 0 spiro atoms. The molecule has 0 N–H and O–H groups in total. The Labute approximate surface area is 162 Å². The highest BCUT2D eigenvalue weighted by molar-refractivity contribution is 9.10. The fourth-order valence-electron chi connectivity index (χ4n) is 3.56. The summed E-state index contributed by atoms with van der Waals surface area (Å²) in [6.45, 7) is 0. The van der Waals surface area contributed by atoms with Gasteiger partial charge in [-0.25, -0.2) is 0 Å². The molecule has 1 heterocycles. The number of aromatic nitrogens is 1. The van der Waals surface area contributed by atoms with E-state index in [-0.39, 0.29) is 0 Å². The molecule has 4 aromatic carbocycles. The molecule has 1 aromatic heterocycles. The predicted molar refractivity (Wildman–Crippen MR) is 114 cm³/mol. The minimum absolute atomic E-state index is 1.09. The van der Waals surface area contributed by atoms with E-state index in [9.17, 15) is 0 Å². The first-order valence-electron chi connectivity index (χ1n) is 8.09. The van der Waals surface area contributed by atoms with E-state index in [1.807, 2.05) is 0 Å². The highest BCUT2D eigenvalue weighted by Gasteiger charge is 2.13. The molecule has 1 nitrogen and oxygen atoms in total. The van der Waals surface area contributed by atoms with Gasteiger partial charge < -0.3 is 4.57 Å². The highest BCUT2D eigenvalue weighted by Crippen LogP contribution is 2.35. The Hall–Kier alpha value is -2.10. The molecular formula is C22H13Br2N. The van der Waals surface area contributed by atoms with Crippen LogP contribution >= 0.6 is 31.9 Å². The van der Waals surface area contributed by atoms with Crippen molar-refractivity contribution in [2.75, 3.05) is 0 Å². The van der Waals surface area contributed by atoms with Crippen molar-refractivity contribution in [3.05, 3.63) is 87.8 Å². The summed E-state index contributed by atoms with van der Waals surface area (Å²) in [5, 5.41) is 5.02. The number of hydrogen-bond donors (Lipinski definition) is 0. The molecule has 5 aromatic rings. The molecule has 0 aliphatic rings. The minimum atomic E-state index is 1.09. The summed E-state index contributed by atoms with van der Waals surface area (Å²) in [4.78, 5) is 0. The number of hydrogen-bond acceptors (Lipinski definition) is 0. The zero-order valence-electron chi connectivity index (χ0n) is 13.2. The van der Waals surface area contributed by atoms with Crippen LogP contribution in [-0.2, 0) is 0 Å². The zero-order chi connectivity index (χ0) is 17.0. The van der Waals surface area contributed by atoms with Gasteiger partial charge >= 0.3 is 0 Å². The van der Waals surface area contributed by atoms with Crippen LogP contribution in [0.4, 0.5) is 0 Å². The third-order valence-electron chi connectivity index (χ3n) is 4.68. The largest absolute Gasteiger partial charge is 0.309 e. The first-order chi connectivity index (χ1) is 12.2. The second-order valence-electron chi connectivity index (χ2n) is 6.19. The predicted octanol–water partition coefficient (Wildman–Crippen LogP) is 7.46. The van der Waals surface area contributed by atoms with Crippen LogP contribution in [0.15, 0.2) is 87.8 Å². The van der Waals surface area contributed by atoms with Gasteiger partial charge in [-0.15, -0.1) is 0 Å². The minimum Gasteiger partial charge on any atom is -0.309 e. The SMILES string of the molecule is Brc1ccc2c(c1)c1ccc(Br)cc1n2-c1ccc2ccccc2c1. The normalized spacial score (nSPS) is 11.6. The number of fused-ring (bicyclic) bond motifs is 4. The topological polar surface area (TPSA) is 4.93 Å². The smallest absolute Gasteiger partial charge is 0.0552 e. The van der Waals surface area contributed by atoms with Crippen molar-refractivity contribution < 1.29 is 0 Å². The lowest BCUT2D eigenvalue weighted by Gasteiger charge is -2.09. The van der Waals surface area contributed by atoms with Gasteiger partial charge in [0.25, 0.3) is 0 Å². The Balaban J connectivity index is 1.93. The number of halogens is 2. The molecule has 120 valence electrons. The molecule has 0 amide bonds. The first-order valence-corrected chi connectivity index (χ1v) is 9.68. The second-order valence-corrected chi connectivity index (χ2v) is 8.02. The maximum Gasteiger partial charge on any atom is 0.0552 e. The van der Waals surface area contributed by atoms with Crippen LogP contribution in [0.1, 0.15) is 0 Å². The summed E-state index contributed by atoms with van der Waals surface area (Å²) >= 11 is 7.24. The Morgan fingerprint density at radius 1 is 0.560 bits per heavy atom. The number of nitrogens with zero attached hydrogens (tertiary/aromatic N) is 1. The van der Waals surface area contributed by atoms with E-state index in [0.717, 1.165) is 8.95 Å². The Morgan fingerprint density at radius 2 is 1.32 bits per heavy atom. The van der Waals surface area contributed by atoms with Crippen LogP contribution in [0.3, 0.4) is 0 Å². The van der Waals surface area contributed by atoms with E-state index in [4.69, 9.17) is 0 Å². The Bertz CT molecular complexity index is 1270. The molecule has 0 unspecified atom stereocenters. The van der Waals surface area contributed by atoms with E-state index in [1.165, 1.54) is 38.3 Å². The lowest BCUT2D eigenvalue weighted by Crippen LogP contribution is -1.93.